The van der Waals surface area contributed by atoms with Gasteiger partial charge in [0.2, 0.25) is 0 Å². The Morgan fingerprint density at radius 2 is 2.04 bits per heavy atom. The topological polar surface area (TPSA) is 78.4 Å². The molecule has 0 aliphatic heterocycles. The third-order valence-corrected chi connectivity index (χ3v) is 4.06. The number of hydrogen-bond acceptors (Lipinski definition) is 4. The summed E-state index contributed by atoms with van der Waals surface area (Å²) in [5.41, 5.74) is 0.0206. The van der Waals surface area contributed by atoms with E-state index in [1.165, 1.54) is 23.5 Å². The number of amides is 2. The van der Waals surface area contributed by atoms with Gasteiger partial charge in [0, 0.05) is 5.69 Å². The van der Waals surface area contributed by atoms with E-state index in [-0.39, 0.29) is 12.2 Å². The zero-order valence-electron chi connectivity index (χ0n) is 12.7. The molecule has 0 saturated carbocycles. The van der Waals surface area contributed by atoms with E-state index in [1.807, 2.05) is 5.38 Å². The van der Waals surface area contributed by atoms with E-state index in [9.17, 15) is 19.1 Å². The Balaban J connectivity index is 1.92. The van der Waals surface area contributed by atoms with Gasteiger partial charge in [0.15, 0.2) is 0 Å². The van der Waals surface area contributed by atoms with Crippen LogP contribution in [0.15, 0.2) is 35.0 Å². The van der Waals surface area contributed by atoms with E-state index in [4.69, 9.17) is 0 Å². The highest BCUT2D eigenvalue weighted by Crippen LogP contribution is 2.22. The molecule has 0 aliphatic carbocycles. The van der Waals surface area contributed by atoms with Gasteiger partial charge in [-0.1, -0.05) is 6.07 Å². The molecule has 1 aromatic heterocycles. The van der Waals surface area contributed by atoms with E-state index >= 15 is 0 Å². The van der Waals surface area contributed by atoms with Crippen LogP contribution >= 0.6 is 11.3 Å². The van der Waals surface area contributed by atoms with Gasteiger partial charge in [0.25, 0.3) is 0 Å². The molecule has 23 heavy (non-hydrogen) atoms. The number of rotatable bonds is 4. The molecule has 0 aliphatic rings. The monoisotopic (exact) mass is 336 g/mol. The lowest BCUT2D eigenvalue weighted by atomic mass is 9.99. The van der Waals surface area contributed by atoms with E-state index < -0.39 is 23.2 Å². The van der Waals surface area contributed by atoms with E-state index in [2.05, 4.69) is 10.6 Å². The lowest BCUT2D eigenvalue weighted by Crippen LogP contribution is -2.43. The van der Waals surface area contributed by atoms with Crippen LogP contribution in [0.25, 0.3) is 0 Å². The molecule has 1 heterocycles. The molecule has 0 fully saturated rings. The largest absolute Gasteiger partial charge is 0.384 e. The van der Waals surface area contributed by atoms with Crippen molar-refractivity contribution in [2.75, 3.05) is 11.9 Å². The Morgan fingerprint density at radius 1 is 1.30 bits per heavy atom. The summed E-state index contributed by atoms with van der Waals surface area (Å²) >= 11 is 1.42. The number of carbonyl (C=O) groups excluding carboxylic acids is 2. The third kappa shape index (κ3) is 4.37. The van der Waals surface area contributed by atoms with Gasteiger partial charge in [-0.15, -0.1) is 0 Å². The van der Waals surface area contributed by atoms with Crippen LogP contribution in [0, 0.1) is 12.7 Å². The Labute approximate surface area is 137 Å². The van der Waals surface area contributed by atoms with Gasteiger partial charge in [-0.3, -0.25) is 9.59 Å². The molecule has 0 spiro atoms. The predicted octanol–water partition coefficient (Wildman–Crippen LogP) is 2.16. The second-order valence-electron chi connectivity index (χ2n) is 5.39. The summed E-state index contributed by atoms with van der Waals surface area (Å²) in [6, 6.07) is 5.89. The van der Waals surface area contributed by atoms with Gasteiger partial charge in [-0.2, -0.15) is 11.3 Å². The standard InChI is InChI=1S/C16H17FN2O3S/c1-10-3-4-12(7-13(10)17)19-15(21)14(20)18-9-16(2,22)11-5-6-23-8-11/h3-8,22H,9H2,1-2H3,(H,18,20)(H,19,21). The van der Waals surface area contributed by atoms with E-state index in [1.54, 1.807) is 25.3 Å². The number of halogens is 1. The summed E-state index contributed by atoms with van der Waals surface area (Å²) in [5.74, 6) is -2.29. The fourth-order valence-electron chi connectivity index (χ4n) is 1.86. The van der Waals surface area contributed by atoms with Crippen LogP contribution in [0.4, 0.5) is 10.1 Å². The Bertz CT molecular complexity index is 714. The first-order valence-corrected chi connectivity index (χ1v) is 7.84. The van der Waals surface area contributed by atoms with Crippen molar-refractivity contribution in [1.82, 2.24) is 5.32 Å². The molecule has 7 heteroatoms. The maximum atomic E-state index is 13.4. The van der Waals surface area contributed by atoms with Crippen molar-refractivity contribution in [2.24, 2.45) is 0 Å². The lowest BCUT2D eigenvalue weighted by molar-refractivity contribution is -0.136. The maximum Gasteiger partial charge on any atom is 0.313 e. The first-order chi connectivity index (χ1) is 10.8. The minimum atomic E-state index is -1.27. The van der Waals surface area contributed by atoms with Crippen LogP contribution in [0.5, 0.6) is 0 Å². The number of nitrogens with one attached hydrogen (secondary N) is 2. The minimum absolute atomic E-state index is 0.113. The molecule has 5 nitrogen and oxygen atoms in total. The van der Waals surface area contributed by atoms with Crippen molar-refractivity contribution < 1.29 is 19.1 Å². The Hall–Kier alpha value is -2.25. The number of aryl methyl sites for hydroxylation is 1. The molecule has 2 aromatic rings. The molecule has 0 bridgehead atoms. The minimum Gasteiger partial charge on any atom is -0.384 e. The number of anilines is 1. The maximum absolute atomic E-state index is 13.4. The van der Waals surface area contributed by atoms with Crippen molar-refractivity contribution in [3.8, 4) is 0 Å². The van der Waals surface area contributed by atoms with Gasteiger partial charge in [0.05, 0.1) is 6.54 Å². The van der Waals surface area contributed by atoms with E-state index in [0.29, 0.717) is 11.1 Å². The fraction of sp³-hybridized carbons (Fsp3) is 0.250. The van der Waals surface area contributed by atoms with Crippen molar-refractivity contribution >= 4 is 28.8 Å². The quantitative estimate of drug-likeness (QED) is 0.749. The summed E-state index contributed by atoms with van der Waals surface area (Å²) in [6.07, 6.45) is 0. The average Bonchev–Trinajstić information content (AvgIpc) is 3.04. The highest BCUT2D eigenvalue weighted by Gasteiger charge is 2.25. The SMILES string of the molecule is Cc1ccc(NC(=O)C(=O)NCC(C)(O)c2ccsc2)cc1F. The van der Waals surface area contributed by atoms with Crippen LogP contribution in [-0.2, 0) is 15.2 Å². The normalized spacial score (nSPS) is 13.2. The lowest BCUT2D eigenvalue weighted by Gasteiger charge is -2.22. The van der Waals surface area contributed by atoms with E-state index in [0.717, 1.165) is 6.07 Å². The van der Waals surface area contributed by atoms with Gasteiger partial charge < -0.3 is 15.7 Å². The number of carbonyl (C=O) groups is 2. The number of hydrogen-bond donors (Lipinski definition) is 3. The second kappa shape index (κ2) is 6.89. The molecule has 3 N–H and O–H groups in total. The van der Waals surface area contributed by atoms with Crippen molar-refractivity contribution in [1.29, 1.82) is 0 Å². The summed E-state index contributed by atoms with van der Waals surface area (Å²) in [4.78, 5) is 23.6. The van der Waals surface area contributed by atoms with Crippen LogP contribution < -0.4 is 10.6 Å². The molecule has 2 amide bonds. The Morgan fingerprint density at radius 3 is 2.65 bits per heavy atom. The van der Waals surface area contributed by atoms with Crippen LogP contribution in [0.1, 0.15) is 18.1 Å². The smallest absolute Gasteiger partial charge is 0.313 e. The molecule has 0 saturated heterocycles. The summed E-state index contributed by atoms with van der Waals surface area (Å²) in [7, 11) is 0. The molecule has 1 unspecified atom stereocenters. The zero-order valence-corrected chi connectivity index (χ0v) is 13.5. The summed E-state index contributed by atoms with van der Waals surface area (Å²) in [6.45, 7) is 3.03. The Kier molecular flexibility index (Phi) is 5.12. The predicted molar refractivity (Wildman–Crippen MR) is 86.7 cm³/mol. The molecular formula is C16H17FN2O3S. The molecule has 122 valence electrons. The van der Waals surface area contributed by atoms with Crippen molar-refractivity contribution in [2.45, 2.75) is 19.4 Å². The third-order valence-electron chi connectivity index (χ3n) is 3.37. The molecule has 2 rings (SSSR count). The van der Waals surface area contributed by atoms with Gasteiger partial charge >= 0.3 is 11.8 Å². The number of aliphatic hydroxyl groups is 1. The average molecular weight is 336 g/mol. The van der Waals surface area contributed by atoms with Gasteiger partial charge in [0.1, 0.15) is 11.4 Å². The van der Waals surface area contributed by atoms with Crippen molar-refractivity contribution in [3.63, 3.8) is 0 Å². The molecule has 1 aromatic carbocycles. The number of thiophene rings is 1. The zero-order chi connectivity index (χ0) is 17.0. The fourth-order valence-corrected chi connectivity index (χ4v) is 2.65. The van der Waals surface area contributed by atoms with Crippen molar-refractivity contribution in [3.05, 3.63) is 52.0 Å². The highest BCUT2D eigenvalue weighted by atomic mass is 32.1. The summed E-state index contributed by atoms with van der Waals surface area (Å²) < 4.78 is 13.4. The molecule has 0 radical (unpaired) electrons. The van der Waals surface area contributed by atoms with Gasteiger partial charge in [-0.25, -0.2) is 4.39 Å². The molecular weight excluding hydrogens is 319 g/mol. The first kappa shape index (κ1) is 17.1. The van der Waals surface area contributed by atoms with Crippen LogP contribution in [0.2, 0.25) is 0 Å². The highest BCUT2D eigenvalue weighted by molar-refractivity contribution is 7.08. The van der Waals surface area contributed by atoms with Crippen LogP contribution in [0.3, 0.4) is 0 Å². The molecule has 1 atom stereocenters. The number of benzene rings is 1. The van der Waals surface area contributed by atoms with Gasteiger partial charge in [-0.05, 0) is 53.9 Å². The first-order valence-electron chi connectivity index (χ1n) is 6.90. The summed E-state index contributed by atoms with van der Waals surface area (Å²) in [5, 5.41) is 18.5. The second-order valence-corrected chi connectivity index (χ2v) is 6.17. The van der Waals surface area contributed by atoms with Crippen LogP contribution in [-0.4, -0.2) is 23.5 Å².